The fourth-order valence-corrected chi connectivity index (χ4v) is 3.31. The molecule has 0 atom stereocenters. The van der Waals surface area contributed by atoms with Crippen LogP contribution in [0.1, 0.15) is 17.7 Å². The quantitative estimate of drug-likeness (QED) is 0.641. The van der Waals surface area contributed by atoms with Crippen LogP contribution in [0.5, 0.6) is 5.75 Å². The molecule has 0 aliphatic heterocycles. The van der Waals surface area contributed by atoms with Gasteiger partial charge in [-0.1, -0.05) is 59.3 Å². The summed E-state index contributed by atoms with van der Waals surface area (Å²) in [5.41, 5.74) is 0. The molecule has 126 valence electrons. The molecular weight excluding hydrogens is 358 g/mol. The highest BCUT2D eigenvalue weighted by atomic mass is 35.5. The van der Waals surface area contributed by atoms with Gasteiger partial charge in [-0.3, -0.25) is 4.79 Å². The Morgan fingerprint density at radius 3 is 2.88 bits per heavy atom. The van der Waals surface area contributed by atoms with Gasteiger partial charge in [0.15, 0.2) is 10.3 Å². The highest BCUT2D eigenvalue weighted by molar-refractivity contribution is 7.16. The summed E-state index contributed by atoms with van der Waals surface area (Å²) in [5.74, 6) is 0.625. The van der Waals surface area contributed by atoms with Crippen molar-refractivity contribution in [2.75, 3.05) is 11.9 Å². The third kappa shape index (κ3) is 4.27. The van der Waals surface area contributed by atoms with E-state index in [0.717, 1.165) is 27.9 Å². The first-order valence-corrected chi connectivity index (χ1v) is 8.83. The van der Waals surface area contributed by atoms with Crippen LogP contribution in [0.4, 0.5) is 5.13 Å². The molecule has 0 aliphatic carbocycles. The molecule has 25 heavy (non-hydrogen) atoms. The molecule has 0 saturated carbocycles. The van der Waals surface area contributed by atoms with Crippen molar-refractivity contribution in [1.29, 1.82) is 5.26 Å². The molecule has 0 radical (unpaired) electrons. The predicted octanol–water partition coefficient (Wildman–Crippen LogP) is 4.62. The number of nitrogens with zero attached hydrogens (tertiary/aromatic N) is 2. The van der Waals surface area contributed by atoms with Crippen molar-refractivity contribution >= 4 is 44.7 Å². The second kappa shape index (κ2) is 7.97. The fraction of sp³-hybridized carbons (Fsp3) is 0.167. The number of anilines is 1. The minimum absolute atomic E-state index is 0.113. The zero-order valence-electron chi connectivity index (χ0n) is 13.2. The number of hydrogen-bond donors (Lipinski definition) is 1. The van der Waals surface area contributed by atoms with Crippen LogP contribution >= 0.6 is 22.9 Å². The average Bonchev–Trinajstić information content (AvgIpc) is 2.98. The first-order valence-electron chi connectivity index (χ1n) is 7.64. The molecule has 0 aliphatic rings. The molecule has 0 fully saturated rings. The summed E-state index contributed by atoms with van der Waals surface area (Å²) in [4.78, 5) is 16.1. The zero-order valence-corrected chi connectivity index (χ0v) is 14.7. The van der Waals surface area contributed by atoms with E-state index in [0.29, 0.717) is 24.6 Å². The van der Waals surface area contributed by atoms with Gasteiger partial charge in [0.2, 0.25) is 5.91 Å². The number of nitrogens with one attached hydrogen (secondary N) is 1. The van der Waals surface area contributed by atoms with Crippen molar-refractivity contribution < 1.29 is 9.53 Å². The monoisotopic (exact) mass is 371 g/mol. The summed E-state index contributed by atoms with van der Waals surface area (Å²) in [6, 6.07) is 15.8. The van der Waals surface area contributed by atoms with E-state index in [1.807, 2.05) is 48.5 Å². The Hall–Kier alpha value is -2.62. The number of aromatic nitrogens is 1. The Morgan fingerprint density at radius 1 is 1.28 bits per heavy atom. The lowest BCUT2D eigenvalue weighted by molar-refractivity contribution is -0.116. The molecule has 7 heteroatoms. The van der Waals surface area contributed by atoms with Crippen LogP contribution in [-0.4, -0.2) is 17.5 Å². The van der Waals surface area contributed by atoms with Gasteiger partial charge in [-0.05, 0) is 17.9 Å². The van der Waals surface area contributed by atoms with Crippen LogP contribution in [0.25, 0.3) is 10.8 Å². The number of benzene rings is 2. The largest absolute Gasteiger partial charge is 0.493 e. The second-order valence-corrected chi connectivity index (χ2v) is 6.59. The minimum Gasteiger partial charge on any atom is -0.493 e. The Bertz CT molecular complexity index is 944. The molecule has 0 saturated heterocycles. The van der Waals surface area contributed by atoms with Gasteiger partial charge in [0, 0.05) is 11.8 Å². The number of amides is 1. The third-order valence-corrected chi connectivity index (χ3v) is 4.75. The van der Waals surface area contributed by atoms with Gasteiger partial charge in [-0.2, -0.15) is 5.26 Å². The van der Waals surface area contributed by atoms with E-state index in [9.17, 15) is 4.79 Å². The number of fused-ring (bicyclic) bond motifs is 1. The summed E-state index contributed by atoms with van der Waals surface area (Å²) < 4.78 is 5.80. The number of ether oxygens (including phenoxy) is 1. The standard InChI is InChI=1S/C18H14ClN3O2S/c19-17-15(11-20)25-18(22-17)21-16(23)9-4-10-24-14-8-3-6-12-5-1-2-7-13(12)14/h1-3,5-8H,4,9-10H2,(H,21,22,23). The Balaban J connectivity index is 1.49. The predicted molar refractivity (Wildman–Crippen MR) is 99.1 cm³/mol. The zero-order chi connectivity index (χ0) is 17.6. The number of carbonyl (C=O) groups is 1. The van der Waals surface area contributed by atoms with E-state index in [1.54, 1.807) is 0 Å². The molecule has 5 nitrogen and oxygen atoms in total. The third-order valence-electron chi connectivity index (χ3n) is 3.49. The molecule has 3 rings (SSSR count). The maximum absolute atomic E-state index is 11.9. The lowest BCUT2D eigenvalue weighted by Gasteiger charge is -2.09. The maximum atomic E-state index is 11.9. The van der Waals surface area contributed by atoms with Crippen molar-refractivity contribution in [1.82, 2.24) is 4.98 Å². The van der Waals surface area contributed by atoms with Gasteiger partial charge in [-0.25, -0.2) is 4.98 Å². The van der Waals surface area contributed by atoms with Crippen LogP contribution in [0.3, 0.4) is 0 Å². The first-order chi connectivity index (χ1) is 12.2. The topological polar surface area (TPSA) is 75.0 Å². The molecule has 0 bridgehead atoms. The number of rotatable bonds is 6. The molecule has 2 aromatic carbocycles. The highest BCUT2D eigenvalue weighted by Gasteiger charge is 2.11. The molecule has 1 heterocycles. The van der Waals surface area contributed by atoms with Crippen LogP contribution < -0.4 is 10.1 Å². The van der Waals surface area contributed by atoms with E-state index in [2.05, 4.69) is 10.3 Å². The van der Waals surface area contributed by atoms with Crippen molar-refractivity contribution in [3.8, 4) is 11.8 Å². The SMILES string of the molecule is N#Cc1sc(NC(=O)CCCOc2cccc3ccccc23)nc1Cl. The highest BCUT2D eigenvalue weighted by Crippen LogP contribution is 2.26. The van der Waals surface area contributed by atoms with Crippen LogP contribution in [0.15, 0.2) is 42.5 Å². The second-order valence-electron chi connectivity index (χ2n) is 5.23. The van der Waals surface area contributed by atoms with E-state index >= 15 is 0 Å². The molecule has 1 amide bonds. The average molecular weight is 372 g/mol. The number of hydrogen-bond acceptors (Lipinski definition) is 5. The van der Waals surface area contributed by atoms with E-state index < -0.39 is 0 Å². The molecule has 1 N–H and O–H groups in total. The van der Waals surface area contributed by atoms with Crippen LogP contribution in [0.2, 0.25) is 5.15 Å². The molecule has 3 aromatic rings. The number of thiazole rings is 1. The summed E-state index contributed by atoms with van der Waals surface area (Å²) >= 11 is 6.83. The number of carbonyl (C=O) groups excluding carboxylic acids is 1. The van der Waals surface area contributed by atoms with Gasteiger partial charge in [-0.15, -0.1) is 0 Å². The fourth-order valence-electron chi connectivity index (χ4n) is 2.34. The molecule has 0 spiro atoms. The van der Waals surface area contributed by atoms with E-state index in [1.165, 1.54) is 0 Å². The number of nitriles is 1. The van der Waals surface area contributed by atoms with Crippen LogP contribution in [-0.2, 0) is 4.79 Å². The van der Waals surface area contributed by atoms with Crippen molar-refractivity contribution in [3.05, 3.63) is 52.5 Å². The Morgan fingerprint density at radius 2 is 2.08 bits per heavy atom. The van der Waals surface area contributed by atoms with Crippen LogP contribution in [0, 0.1) is 11.3 Å². The van der Waals surface area contributed by atoms with Gasteiger partial charge in [0.1, 0.15) is 16.7 Å². The smallest absolute Gasteiger partial charge is 0.226 e. The summed E-state index contributed by atoms with van der Waals surface area (Å²) in [6.07, 6.45) is 0.864. The lowest BCUT2D eigenvalue weighted by Crippen LogP contribution is -2.12. The lowest BCUT2D eigenvalue weighted by atomic mass is 10.1. The molecule has 0 unspecified atom stereocenters. The summed E-state index contributed by atoms with van der Waals surface area (Å²) in [5, 5.41) is 14.1. The normalized spacial score (nSPS) is 10.4. The minimum atomic E-state index is -0.184. The van der Waals surface area contributed by atoms with Crippen molar-refractivity contribution in [2.24, 2.45) is 0 Å². The van der Waals surface area contributed by atoms with Gasteiger partial charge < -0.3 is 10.1 Å². The van der Waals surface area contributed by atoms with E-state index in [4.69, 9.17) is 21.6 Å². The maximum Gasteiger partial charge on any atom is 0.226 e. The van der Waals surface area contributed by atoms with Gasteiger partial charge in [0.05, 0.1) is 6.61 Å². The molecular formula is C18H14ClN3O2S. The van der Waals surface area contributed by atoms with Gasteiger partial charge >= 0.3 is 0 Å². The van der Waals surface area contributed by atoms with Crippen molar-refractivity contribution in [2.45, 2.75) is 12.8 Å². The molecule has 1 aromatic heterocycles. The Kier molecular flexibility index (Phi) is 5.49. The van der Waals surface area contributed by atoms with Gasteiger partial charge in [0.25, 0.3) is 0 Å². The summed E-state index contributed by atoms with van der Waals surface area (Å²) in [7, 11) is 0. The summed E-state index contributed by atoms with van der Waals surface area (Å²) in [6.45, 7) is 0.434. The first kappa shape index (κ1) is 17.2. The Labute approximate surface area is 153 Å². The van der Waals surface area contributed by atoms with Crippen molar-refractivity contribution in [3.63, 3.8) is 0 Å². The number of halogens is 1. The van der Waals surface area contributed by atoms with E-state index in [-0.39, 0.29) is 15.9 Å².